The van der Waals surface area contributed by atoms with Crippen molar-refractivity contribution in [1.29, 1.82) is 0 Å². The summed E-state index contributed by atoms with van der Waals surface area (Å²) in [6, 6.07) is 6.76. The molecule has 0 saturated carbocycles. The van der Waals surface area contributed by atoms with E-state index in [1.165, 1.54) is 25.1 Å². The summed E-state index contributed by atoms with van der Waals surface area (Å²) in [7, 11) is -5.58. The Balaban J connectivity index is 1.92. The molecule has 8 nitrogen and oxygen atoms in total. The van der Waals surface area contributed by atoms with E-state index in [0.29, 0.717) is 17.2 Å². The maximum atomic E-state index is 12.8. The van der Waals surface area contributed by atoms with E-state index in [-0.39, 0.29) is 17.9 Å². The van der Waals surface area contributed by atoms with Gasteiger partial charge < -0.3 is 0 Å². The van der Waals surface area contributed by atoms with Crippen LogP contribution in [0.2, 0.25) is 0 Å². The molecule has 0 amide bonds. The van der Waals surface area contributed by atoms with Crippen LogP contribution in [0.1, 0.15) is 19.0 Å². The summed E-state index contributed by atoms with van der Waals surface area (Å²) < 4.78 is 63.4. The standard InChI is InChI=1S/C18H17F3N6O2S/c1-12-11-15(24-16(23-12)13-7-4-6-10-22-13)26-25-14-8-3-5-9-17(14,2)27-30(28,29)18(19,20)21/h3-8,10-11,27H,9H2,1-2H3/b26-25+. The summed E-state index contributed by atoms with van der Waals surface area (Å²) in [5.74, 6) is 0.460. The lowest BCUT2D eigenvalue weighted by atomic mass is 9.91. The average molecular weight is 438 g/mol. The SMILES string of the molecule is Cc1cc(/N=N/C2=CC=CCC2(C)NS(=O)(=O)C(F)(F)F)nc(-c2ccccn2)n1. The van der Waals surface area contributed by atoms with Crippen LogP contribution in [0.15, 0.2) is 64.6 Å². The highest BCUT2D eigenvalue weighted by atomic mass is 32.2. The molecule has 1 N–H and O–H groups in total. The highest BCUT2D eigenvalue weighted by Crippen LogP contribution is 2.32. The van der Waals surface area contributed by atoms with Gasteiger partial charge in [-0.1, -0.05) is 18.2 Å². The Labute approximate surface area is 170 Å². The maximum Gasteiger partial charge on any atom is 0.511 e. The van der Waals surface area contributed by atoms with Crippen LogP contribution >= 0.6 is 0 Å². The number of aromatic nitrogens is 3. The first-order valence-electron chi connectivity index (χ1n) is 8.67. The Morgan fingerprint density at radius 3 is 2.63 bits per heavy atom. The summed E-state index contributed by atoms with van der Waals surface area (Å²) in [5, 5.41) is 7.97. The van der Waals surface area contributed by atoms with Crippen LogP contribution in [0.4, 0.5) is 19.0 Å². The maximum absolute atomic E-state index is 12.8. The number of aryl methyl sites for hydroxylation is 1. The molecule has 2 aromatic heterocycles. The van der Waals surface area contributed by atoms with Crippen molar-refractivity contribution in [2.24, 2.45) is 10.2 Å². The van der Waals surface area contributed by atoms with E-state index in [0.717, 1.165) is 0 Å². The molecule has 30 heavy (non-hydrogen) atoms. The van der Waals surface area contributed by atoms with Gasteiger partial charge in [-0.3, -0.25) is 4.98 Å². The quantitative estimate of drug-likeness (QED) is 0.711. The fourth-order valence-electron chi connectivity index (χ4n) is 2.66. The minimum absolute atomic E-state index is 0.00785. The van der Waals surface area contributed by atoms with E-state index >= 15 is 0 Å². The number of allylic oxidation sites excluding steroid dienone is 2. The number of hydrogen-bond donors (Lipinski definition) is 1. The Morgan fingerprint density at radius 2 is 1.97 bits per heavy atom. The third-order valence-corrected chi connectivity index (χ3v) is 5.47. The molecule has 0 spiro atoms. The smallest absolute Gasteiger partial charge is 0.253 e. The predicted octanol–water partition coefficient (Wildman–Crippen LogP) is 3.97. The molecule has 1 unspecified atom stereocenters. The van der Waals surface area contributed by atoms with Gasteiger partial charge in [-0.05, 0) is 38.5 Å². The predicted molar refractivity (Wildman–Crippen MR) is 103 cm³/mol. The molecule has 3 rings (SSSR count). The fourth-order valence-corrected chi connectivity index (χ4v) is 3.56. The average Bonchev–Trinajstić information content (AvgIpc) is 2.66. The molecule has 1 aliphatic carbocycles. The zero-order chi connectivity index (χ0) is 22.0. The Bertz CT molecular complexity index is 1130. The topological polar surface area (TPSA) is 110 Å². The molecular formula is C18H17F3N6O2S. The minimum atomic E-state index is -5.58. The van der Waals surface area contributed by atoms with Crippen molar-refractivity contribution < 1.29 is 21.6 Å². The lowest BCUT2D eigenvalue weighted by molar-refractivity contribution is -0.0454. The van der Waals surface area contributed by atoms with Crippen LogP contribution < -0.4 is 4.72 Å². The molecule has 0 saturated heterocycles. The number of sulfonamides is 1. The molecule has 2 aromatic rings. The van der Waals surface area contributed by atoms with Crippen molar-refractivity contribution in [3.63, 3.8) is 0 Å². The third-order valence-electron chi connectivity index (χ3n) is 4.14. The first-order chi connectivity index (χ1) is 14.0. The van der Waals surface area contributed by atoms with Crippen molar-refractivity contribution in [2.75, 3.05) is 0 Å². The van der Waals surface area contributed by atoms with Gasteiger partial charge in [0.1, 0.15) is 5.69 Å². The number of alkyl halides is 3. The number of nitrogens with zero attached hydrogens (tertiary/aromatic N) is 5. The van der Waals surface area contributed by atoms with Gasteiger partial charge in [0.05, 0.1) is 11.2 Å². The van der Waals surface area contributed by atoms with Gasteiger partial charge in [0, 0.05) is 18.0 Å². The van der Waals surface area contributed by atoms with E-state index in [1.54, 1.807) is 42.1 Å². The number of nitrogens with one attached hydrogen (secondary N) is 1. The molecule has 158 valence electrons. The Kier molecular flexibility index (Phi) is 5.81. The molecular weight excluding hydrogens is 421 g/mol. The van der Waals surface area contributed by atoms with Crippen LogP contribution in [0.25, 0.3) is 11.5 Å². The van der Waals surface area contributed by atoms with Crippen LogP contribution in [-0.2, 0) is 10.0 Å². The fraction of sp³-hybridized carbons (Fsp3) is 0.278. The normalized spacial score (nSPS) is 19.8. The summed E-state index contributed by atoms with van der Waals surface area (Å²) in [6.07, 6.45) is 6.03. The summed E-state index contributed by atoms with van der Waals surface area (Å²) in [4.78, 5) is 12.7. The van der Waals surface area contributed by atoms with E-state index < -0.39 is 21.1 Å². The summed E-state index contributed by atoms with van der Waals surface area (Å²) >= 11 is 0. The van der Waals surface area contributed by atoms with Gasteiger partial charge in [-0.2, -0.15) is 23.0 Å². The van der Waals surface area contributed by atoms with Crippen LogP contribution in [0, 0.1) is 6.92 Å². The second-order valence-electron chi connectivity index (χ2n) is 6.67. The second kappa shape index (κ2) is 8.03. The zero-order valence-corrected chi connectivity index (χ0v) is 16.7. The number of hydrogen-bond acceptors (Lipinski definition) is 7. The molecule has 0 fully saturated rings. The number of azo groups is 1. The van der Waals surface area contributed by atoms with Gasteiger partial charge in [0.2, 0.25) is 0 Å². The molecule has 12 heteroatoms. The molecule has 1 atom stereocenters. The largest absolute Gasteiger partial charge is 0.511 e. The second-order valence-corrected chi connectivity index (χ2v) is 8.35. The minimum Gasteiger partial charge on any atom is -0.253 e. The molecule has 2 heterocycles. The van der Waals surface area contributed by atoms with E-state index in [1.807, 2.05) is 0 Å². The van der Waals surface area contributed by atoms with Crippen molar-refractivity contribution in [1.82, 2.24) is 19.7 Å². The van der Waals surface area contributed by atoms with Gasteiger partial charge in [0.25, 0.3) is 0 Å². The van der Waals surface area contributed by atoms with E-state index in [9.17, 15) is 21.6 Å². The van der Waals surface area contributed by atoms with Gasteiger partial charge >= 0.3 is 15.5 Å². The molecule has 0 aliphatic heterocycles. The van der Waals surface area contributed by atoms with Crippen molar-refractivity contribution in [2.45, 2.75) is 31.3 Å². The Hall–Kier alpha value is -2.99. The van der Waals surface area contributed by atoms with Gasteiger partial charge in [-0.25, -0.2) is 18.4 Å². The molecule has 0 bridgehead atoms. The summed E-state index contributed by atoms with van der Waals surface area (Å²) in [6.45, 7) is 3.02. The molecule has 0 radical (unpaired) electrons. The first-order valence-corrected chi connectivity index (χ1v) is 10.1. The molecule has 0 aromatic carbocycles. The number of rotatable bonds is 5. The highest BCUT2D eigenvalue weighted by molar-refractivity contribution is 7.90. The van der Waals surface area contributed by atoms with Crippen molar-refractivity contribution in [3.05, 3.63) is 60.1 Å². The van der Waals surface area contributed by atoms with E-state index in [2.05, 4.69) is 25.2 Å². The summed E-state index contributed by atoms with van der Waals surface area (Å²) in [5.41, 5.74) is -5.97. The van der Waals surface area contributed by atoms with Crippen LogP contribution in [0.3, 0.4) is 0 Å². The monoisotopic (exact) mass is 438 g/mol. The molecule has 1 aliphatic rings. The third kappa shape index (κ3) is 4.76. The first kappa shape index (κ1) is 21.7. The van der Waals surface area contributed by atoms with Gasteiger partial charge in [0.15, 0.2) is 11.6 Å². The van der Waals surface area contributed by atoms with Crippen molar-refractivity contribution >= 4 is 15.8 Å². The number of halogens is 3. The van der Waals surface area contributed by atoms with Gasteiger partial charge in [-0.15, -0.1) is 5.11 Å². The van der Waals surface area contributed by atoms with Crippen LogP contribution in [0.5, 0.6) is 0 Å². The lowest BCUT2D eigenvalue weighted by Crippen LogP contribution is -2.51. The Morgan fingerprint density at radius 1 is 1.20 bits per heavy atom. The van der Waals surface area contributed by atoms with Crippen LogP contribution in [-0.4, -0.2) is 34.4 Å². The zero-order valence-electron chi connectivity index (χ0n) is 15.9. The highest BCUT2D eigenvalue weighted by Gasteiger charge is 2.50. The van der Waals surface area contributed by atoms with Crippen molar-refractivity contribution in [3.8, 4) is 11.5 Å². The van der Waals surface area contributed by atoms with E-state index in [4.69, 9.17) is 0 Å². The lowest BCUT2D eigenvalue weighted by Gasteiger charge is -2.31. The number of pyridine rings is 1.